The van der Waals surface area contributed by atoms with Crippen LogP contribution in [0.2, 0.25) is 0 Å². The van der Waals surface area contributed by atoms with E-state index in [1.54, 1.807) is 0 Å². The second-order valence-electron chi connectivity index (χ2n) is 9.77. The summed E-state index contributed by atoms with van der Waals surface area (Å²) in [5.41, 5.74) is 0.258. The van der Waals surface area contributed by atoms with Gasteiger partial charge in [-0.15, -0.1) is 0 Å². The zero-order valence-electron chi connectivity index (χ0n) is 19.6. The van der Waals surface area contributed by atoms with Crippen LogP contribution in [0.1, 0.15) is 95.5 Å². The maximum atomic E-state index is 14.8. The van der Waals surface area contributed by atoms with Crippen LogP contribution < -0.4 is 4.74 Å². The van der Waals surface area contributed by atoms with Crippen molar-refractivity contribution in [2.75, 3.05) is 6.67 Å². The molecular formula is C27H36F4O2. The van der Waals surface area contributed by atoms with E-state index in [0.29, 0.717) is 31.6 Å². The standard InChI is InChI=1S/C27H36F4O2/c1-2-3-4-5-18-6-12-21(13-7-18)27(32)33-24-15-14-23(25(30)26(24)31)20-10-8-19(9-11-20)16-22(29)17-28/h14-16,18-21H,2-13,17H2,1H3/b22-16-. The van der Waals surface area contributed by atoms with Gasteiger partial charge in [-0.3, -0.25) is 4.79 Å². The molecule has 2 fully saturated rings. The number of carbonyl (C=O) groups excluding carboxylic acids is 1. The summed E-state index contributed by atoms with van der Waals surface area (Å²) in [6.45, 7) is 1.07. The Morgan fingerprint density at radius 1 is 1.00 bits per heavy atom. The van der Waals surface area contributed by atoms with Gasteiger partial charge in [0.2, 0.25) is 5.82 Å². The largest absolute Gasteiger partial charge is 0.423 e. The lowest BCUT2D eigenvalue weighted by Gasteiger charge is -2.28. The van der Waals surface area contributed by atoms with E-state index in [1.165, 1.54) is 43.9 Å². The van der Waals surface area contributed by atoms with Crippen molar-refractivity contribution in [2.24, 2.45) is 17.8 Å². The third kappa shape index (κ3) is 7.07. The van der Waals surface area contributed by atoms with Gasteiger partial charge in [0.1, 0.15) is 12.5 Å². The molecule has 1 aromatic rings. The van der Waals surface area contributed by atoms with E-state index in [4.69, 9.17) is 4.74 Å². The lowest BCUT2D eigenvalue weighted by molar-refractivity contribution is -0.140. The second kappa shape index (κ2) is 12.6. The molecule has 0 unspecified atom stereocenters. The van der Waals surface area contributed by atoms with Crippen LogP contribution in [0.5, 0.6) is 5.75 Å². The van der Waals surface area contributed by atoms with Gasteiger partial charge in [-0.05, 0) is 86.8 Å². The van der Waals surface area contributed by atoms with Crippen LogP contribution in [0.25, 0.3) is 0 Å². The Morgan fingerprint density at radius 3 is 2.33 bits per heavy atom. The molecule has 0 bridgehead atoms. The van der Waals surface area contributed by atoms with Crippen molar-refractivity contribution in [2.45, 2.75) is 89.9 Å². The SMILES string of the molecule is CCCCCC1CCC(C(=O)Oc2ccc(C3CCC(/C=C(\F)CF)CC3)c(F)c2F)CC1. The number of hydrogen-bond donors (Lipinski definition) is 0. The molecule has 184 valence electrons. The van der Waals surface area contributed by atoms with Gasteiger partial charge in [0.25, 0.3) is 0 Å². The van der Waals surface area contributed by atoms with Gasteiger partial charge in [0, 0.05) is 0 Å². The summed E-state index contributed by atoms with van der Waals surface area (Å²) in [6.07, 6.45) is 11.9. The molecule has 0 saturated heterocycles. The normalized spacial score (nSPS) is 26.3. The quantitative estimate of drug-likeness (QED) is 0.158. The summed E-state index contributed by atoms with van der Waals surface area (Å²) in [5, 5.41) is 0. The molecular weight excluding hydrogens is 432 g/mol. The molecule has 0 N–H and O–H groups in total. The molecule has 2 aliphatic carbocycles. The predicted molar refractivity (Wildman–Crippen MR) is 121 cm³/mol. The lowest BCUT2D eigenvalue weighted by Crippen LogP contribution is -2.26. The van der Waals surface area contributed by atoms with Crippen LogP contribution >= 0.6 is 0 Å². The van der Waals surface area contributed by atoms with Crippen molar-refractivity contribution in [3.63, 3.8) is 0 Å². The maximum Gasteiger partial charge on any atom is 0.314 e. The molecule has 6 heteroatoms. The molecule has 0 radical (unpaired) electrons. The second-order valence-corrected chi connectivity index (χ2v) is 9.77. The number of unbranched alkanes of at least 4 members (excludes halogenated alkanes) is 2. The van der Waals surface area contributed by atoms with Gasteiger partial charge in [-0.2, -0.15) is 4.39 Å². The molecule has 0 amide bonds. The Kier molecular flexibility index (Phi) is 9.81. The fourth-order valence-electron chi connectivity index (χ4n) is 5.40. The third-order valence-corrected chi connectivity index (χ3v) is 7.44. The summed E-state index contributed by atoms with van der Waals surface area (Å²) in [5.74, 6) is -3.59. The van der Waals surface area contributed by atoms with Gasteiger partial charge < -0.3 is 4.74 Å². The van der Waals surface area contributed by atoms with Crippen LogP contribution in [0.15, 0.2) is 24.0 Å². The number of halogens is 4. The summed E-state index contributed by atoms with van der Waals surface area (Å²) in [7, 11) is 0. The Balaban J connectivity index is 1.54. The monoisotopic (exact) mass is 468 g/mol. The molecule has 0 atom stereocenters. The topological polar surface area (TPSA) is 26.3 Å². The number of benzene rings is 1. The fourth-order valence-corrected chi connectivity index (χ4v) is 5.40. The number of carbonyl (C=O) groups is 1. The fraction of sp³-hybridized carbons (Fsp3) is 0.667. The summed E-state index contributed by atoms with van der Waals surface area (Å²) >= 11 is 0. The molecule has 0 aliphatic heterocycles. The van der Waals surface area contributed by atoms with Crippen molar-refractivity contribution in [1.82, 2.24) is 0 Å². The molecule has 0 spiro atoms. The van der Waals surface area contributed by atoms with Gasteiger partial charge in [-0.1, -0.05) is 38.7 Å². The van der Waals surface area contributed by atoms with E-state index in [2.05, 4.69) is 6.92 Å². The Morgan fingerprint density at radius 2 is 1.70 bits per heavy atom. The first-order chi connectivity index (χ1) is 15.9. The summed E-state index contributed by atoms with van der Waals surface area (Å²) in [4.78, 5) is 12.6. The van der Waals surface area contributed by atoms with Gasteiger partial charge in [0.15, 0.2) is 11.6 Å². The number of ether oxygens (including phenoxy) is 1. The molecule has 33 heavy (non-hydrogen) atoms. The van der Waals surface area contributed by atoms with E-state index >= 15 is 0 Å². The lowest BCUT2D eigenvalue weighted by atomic mass is 9.78. The molecule has 2 saturated carbocycles. The van der Waals surface area contributed by atoms with Gasteiger partial charge in [-0.25, -0.2) is 13.2 Å². The highest BCUT2D eigenvalue weighted by molar-refractivity contribution is 5.75. The summed E-state index contributed by atoms with van der Waals surface area (Å²) < 4.78 is 60.3. The third-order valence-electron chi connectivity index (χ3n) is 7.44. The molecule has 1 aromatic carbocycles. The first-order valence-electron chi connectivity index (χ1n) is 12.5. The van der Waals surface area contributed by atoms with Crippen molar-refractivity contribution in [3.8, 4) is 5.75 Å². The van der Waals surface area contributed by atoms with Gasteiger partial charge >= 0.3 is 5.97 Å². The Hall–Kier alpha value is -1.85. The van der Waals surface area contributed by atoms with E-state index in [9.17, 15) is 22.4 Å². The number of alkyl halides is 1. The molecule has 2 nitrogen and oxygen atoms in total. The first kappa shape index (κ1) is 25.8. The number of rotatable bonds is 9. The Bertz CT molecular complexity index is 807. The van der Waals surface area contributed by atoms with Crippen molar-refractivity contribution in [1.29, 1.82) is 0 Å². The van der Waals surface area contributed by atoms with Crippen LogP contribution in [0.3, 0.4) is 0 Å². The minimum atomic E-state index is -1.13. The predicted octanol–water partition coefficient (Wildman–Crippen LogP) is 8.35. The van der Waals surface area contributed by atoms with Crippen LogP contribution in [-0.4, -0.2) is 12.6 Å². The summed E-state index contributed by atoms with van der Waals surface area (Å²) in [6, 6.07) is 2.84. The van der Waals surface area contributed by atoms with E-state index in [-0.39, 0.29) is 29.1 Å². The van der Waals surface area contributed by atoms with E-state index in [1.807, 2.05) is 0 Å². The smallest absolute Gasteiger partial charge is 0.314 e. The average molecular weight is 469 g/mol. The number of hydrogen-bond acceptors (Lipinski definition) is 2. The molecule has 2 aliphatic rings. The zero-order valence-corrected chi connectivity index (χ0v) is 19.6. The van der Waals surface area contributed by atoms with Gasteiger partial charge in [0.05, 0.1) is 5.92 Å². The van der Waals surface area contributed by atoms with E-state index < -0.39 is 30.1 Å². The number of allylic oxidation sites excluding steroid dienone is 2. The first-order valence-corrected chi connectivity index (χ1v) is 12.5. The maximum absolute atomic E-state index is 14.8. The van der Waals surface area contributed by atoms with Crippen LogP contribution in [-0.2, 0) is 4.79 Å². The minimum Gasteiger partial charge on any atom is -0.423 e. The molecule has 3 rings (SSSR count). The highest BCUT2D eigenvalue weighted by Crippen LogP contribution is 2.40. The van der Waals surface area contributed by atoms with E-state index in [0.717, 1.165) is 25.7 Å². The zero-order chi connectivity index (χ0) is 23.8. The van der Waals surface area contributed by atoms with Crippen molar-refractivity contribution >= 4 is 5.97 Å². The van der Waals surface area contributed by atoms with Crippen LogP contribution in [0.4, 0.5) is 17.6 Å². The highest BCUT2D eigenvalue weighted by Gasteiger charge is 2.30. The number of esters is 1. The van der Waals surface area contributed by atoms with Crippen molar-refractivity contribution < 1.29 is 27.1 Å². The highest BCUT2D eigenvalue weighted by atomic mass is 19.2. The van der Waals surface area contributed by atoms with Crippen LogP contribution in [0, 0.1) is 29.4 Å². The molecule has 0 aromatic heterocycles. The average Bonchev–Trinajstić information content (AvgIpc) is 2.83. The Labute approximate surface area is 194 Å². The minimum absolute atomic E-state index is 0.0770. The van der Waals surface area contributed by atoms with Crippen molar-refractivity contribution in [3.05, 3.63) is 41.2 Å². The molecule has 0 heterocycles.